The van der Waals surface area contributed by atoms with Crippen LogP contribution >= 0.6 is 0 Å². The zero-order valence-electron chi connectivity index (χ0n) is 6.88. The van der Waals surface area contributed by atoms with Crippen molar-refractivity contribution in [1.82, 2.24) is 0 Å². The molecule has 0 saturated heterocycles. The highest BCUT2D eigenvalue weighted by atomic mass is 14.0. The van der Waals surface area contributed by atoms with Crippen molar-refractivity contribution in [3.8, 4) is 0 Å². The normalized spacial score (nSPS) is 9.55. The van der Waals surface area contributed by atoms with Crippen molar-refractivity contribution in [2.45, 2.75) is 13.3 Å². The van der Waals surface area contributed by atoms with Crippen molar-refractivity contribution in [2.75, 3.05) is 0 Å². The van der Waals surface area contributed by atoms with Crippen LogP contribution < -0.4 is 0 Å². The van der Waals surface area contributed by atoms with Gasteiger partial charge in [0.15, 0.2) is 0 Å². The Kier molecular flexibility index (Phi) is 2.91. The largest absolute Gasteiger partial charge is 0.103 e. The highest BCUT2D eigenvalue weighted by Crippen LogP contribution is 2.11. The summed E-state index contributed by atoms with van der Waals surface area (Å²) in [4.78, 5) is 0. The maximum absolute atomic E-state index is 3.72. The molecule has 11 heavy (non-hydrogen) atoms. The van der Waals surface area contributed by atoms with Crippen LogP contribution in [0, 0.1) is 6.42 Å². The molecule has 0 heterocycles. The van der Waals surface area contributed by atoms with Gasteiger partial charge in [-0.15, -0.1) is 6.58 Å². The quantitative estimate of drug-likeness (QED) is 0.573. The Hall–Kier alpha value is -1.04. The van der Waals surface area contributed by atoms with E-state index in [2.05, 4.69) is 44.2 Å². The van der Waals surface area contributed by atoms with Crippen LogP contribution in [0.5, 0.6) is 0 Å². The topological polar surface area (TPSA) is 0 Å². The lowest BCUT2D eigenvalue weighted by Crippen LogP contribution is -1.87. The maximum atomic E-state index is 3.72. The van der Waals surface area contributed by atoms with Crippen LogP contribution in [-0.4, -0.2) is 0 Å². The molecule has 0 aromatic heterocycles. The van der Waals surface area contributed by atoms with Crippen molar-refractivity contribution in [2.24, 2.45) is 0 Å². The molecule has 0 aliphatic heterocycles. The van der Waals surface area contributed by atoms with E-state index < -0.39 is 0 Å². The molecule has 0 N–H and O–H groups in total. The third kappa shape index (κ3) is 1.94. The Morgan fingerprint density at radius 2 is 2.09 bits per heavy atom. The van der Waals surface area contributed by atoms with E-state index in [0.717, 1.165) is 6.42 Å². The first-order valence-corrected chi connectivity index (χ1v) is 3.86. The van der Waals surface area contributed by atoms with Gasteiger partial charge in [0.1, 0.15) is 0 Å². The summed E-state index contributed by atoms with van der Waals surface area (Å²) in [5.41, 5.74) is 2.66. The van der Waals surface area contributed by atoms with Gasteiger partial charge in [0, 0.05) is 0 Å². The summed E-state index contributed by atoms with van der Waals surface area (Å²) in [6.45, 7) is 5.77. The molecule has 0 nitrogen and oxygen atoms in total. The molecule has 0 amide bonds. The van der Waals surface area contributed by atoms with E-state index in [1.54, 1.807) is 0 Å². The Bertz CT molecular complexity index is 236. The van der Waals surface area contributed by atoms with Crippen molar-refractivity contribution >= 4 is 0 Å². The first-order chi connectivity index (χ1) is 5.38. The molecule has 0 fully saturated rings. The summed E-state index contributed by atoms with van der Waals surface area (Å²) in [7, 11) is 0. The zero-order valence-corrected chi connectivity index (χ0v) is 6.88. The molecule has 0 heteroatoms. The number of allylic oxidation sites excluding steroid dienone is 1. The fourth-order valence-corrected chi connectivity index (χ4v) is 1.16. The van der Waals surface area contributed by atoms with E-state index in [1.165, 1.54) is 11.1 Å². The third-order valence-electron chi connectivity index (χ3n) is 1.73. The van der Waals surface area contributed by atoms with E-state index in [-0.39, 0.29) is 0 Å². The standard InChI is InChI=1S/C11H13/c1-3-7-11-9-6-5-8-10(11)4-2/h3-6,8-9H,1,7H2,2H3. The Morgan fingerprint density at radius 3 is 2.73 bits per heavy atom. The van der Waals surface area contributed by atoms with Crippen LogP contribution in [0.3, 0.4) is 0 Å². The Morgan fingerprint density at radius 1 is 1.36 bits per heavy atom. The van der Waals surface area contributed by atoms with Gasteiger partial charge in [0.25, 0.3) is 0 Å². The summed E-state index contributed by atoms with van der Waals surface area (Å²) < 4.78 is 0. The van der Waals surface area contributed by atoms with Gasteiger partial charge in [-0.05, 0) is 24.0 Å². The van der Waals surface area contributed by atoms with Crippen molar-refractivity contribution < 1.29 is 0 Å². The highest BCUT2D eigenvalue weighted by Gasteiger charge is 1.95. The second-order valence-corrected chi connectivity index (χ2v) is 2.48. The van der Waals surface area contributed by atoms with Gasteiger partial charge in [-0.2, -0.15) is 0 Å². The second kappa shape index (κ2) is 3.97. The van der Waals surface area contributed by atoms with Gasteiger partial charge in [0.05, 0.1) is 0 Å². The van der Waals surface area contributed by atoms with Gasteiger partial charge in [-0.25, -0.2) is 0 Å². The smallest absolute Gasteiger partial charge is 0.00973 e. The van der Waals surface area contributed by atoms with Gasteiger partial charge in [-0.3, -0.25) is 0 Å². The molecule has 0 aliphatic rings. The van der Waals surface area contributed by atoms with Crippen LogP contribution in [-0.2, 0) is 6.42 Å². The second-order valence-electron chi connectivity index (χ2n) is 2.48. The predicted octanol–water partition coefficient (Wildman–Crippen LogP) is 2.99. The summed E-state index contributed by atoms with van der Waals surface area (Å²) in [5.74, 6) is 0. The molecule has 0 atom stereocenters. The lowest BCUT2D eigenvalue weighted by Gasteiger charge is -2.02. The van der Waals surface area contributed by atoms with Gasteiger partial charge in [0.2, 0.25) is 0 Å². The minimum absolute atomic E-state index is 0.959. The van der Waals surface area contributed by atoms with Crippen LogP contribution in [0.4, 0.5) is 0 Å². The zero-order chi connectivity index (χ0) is 8.10. The molecule has 0 aliphatic carbocycles. The van der Waals surface area contributed by atoms with E-state index in [4.69, 9.17) is 0 Å². The summed E-state index contributed by atoms with van der Waals surface area (Å²) in [6, 6.07) is 8.38. The van der Waals surface area contributed by atoms with Crippen molar-refractivity contribution in [1.29, 1.82) is 0 Å². The minimum Gasteiger partial charge on any atom is -0.103 e. The third-order valence-corrected chi connectivity index (χ3v) is 1.73. The van der Waals surface area contributed by atoms with Crippen LogP contribution in [0.2, 0.25) is 0 Å². The van der Waals surface area contributed by atoms with E-state index in [0.29, 0.717) is 0 Å². The van der Waals surface area contributed by atoms with Crippen molar-refractivity contribution in [3.63, 3.8) is 0 Å². The van der Waals surface area contributed by atoms with Gasteiger partial charge < -0.3 is 0 Å². The summed E-state index contributed by atoms with van der Waals surface area (Å²) >= 11 is 0. The molecule has 57 valence electrons. The first kappa shape index (κ1) is 8.06. The molecular formula is C11H13. The maximum Gasteiger partial charge on any atom is -0.00973 e. The molecule has 0 saturated carbocycles. The Balaban J connectivity index is 2.92. The number of hydrogen-bond acceptors (Lipinski definition) is 0. The van der Waals surface area contributed by atoms with Crippen LogP contribution in [0.25, 0.3) is 0 Å². The number of hydrogen-bond donors (Lipinski definition) is 0. The minimum atomic E-state index is 0.959. The van der Waals surface area contributed by atoms with Crippen molar-refractivity contribution in [3.05, 3.63) is 54.5 Å². The van der Waals surface area contributed by atoms with Crippen LogP contribution in [0.15, 0.2) is 36.9 Å². The van der Waals surface area contributed by atoms with Crippen LogP contribution in [0.1, 0.15) is 18.1 Å². The van der Waals surface area contributed by atoms with Gasteiger partial charge in [-0.1, -0.05) is 37.3 Å². The predicted molar refractivity (Wildman–Crippen MR) is 49.4 cm³/mol. The fraction of sp³-hybridized carbons (Fsp3) is 0.182. The molecule has 0 spiro atoms. The average molecular weight is 145 g/mol. The molecule has 1 aromatic rings. The molecule has 0 bridgehead atoms. The lowest BCUT2D eigenvalue weighted by molar-refractivity contribution is 1.22. The molecule has 1 aromatic carbocycles. The van der Waals surface area contributed by atoms with Gasteiger partial charge >= 0.3 is 0 Å². The monoisotopic (exact) mass is 145 g/mol. The number of benzene rings is 1. The molecular weight excluding hydrogens is 132 g/mol. The van der Waals surface area contributed by atoms with E-state index in [1.807, 2.05) is 6.08 Å². The van der Waals surface area contributed by atoms with E-state index >= 15 is 0 Å². The summed E-state index contributed by atoms with van der Waals surface area (Å²) in [6.07, 6.45) is 5.02. The highest BCUT2D eigenvalue weighted by molar-refractivity contribution is 5.33. The molecule has 1 rings (SSSR count). The fourth-order valence-electron chi connectivity index (χ4n) is 1.16. The first-order valence-electron chi connectivity index (χ1n) is 3.86. The molecule has 0 unspecified atom stereocenters. The molecule has 1 radical (unpaired) electrons. The van der Waals surface area contributed by atoms with E-state index in [9.17, 15) is 0 Å². The Labute approximate surface area is 68.6 Å². The average Bonchev–Trinajstić information content (AvgIpc) is 2.06. The SMILES string of the molecule is C=CCc1ccccc1[CH]C. The summed E-state index contributed by atoms with van der Waals surface area (Å²) in [5, 5.41) is 0. The number of rotatable bonds is 3. The lowest BCUT2D eigenvalue weighted by atomic mass is 10.0.